The molecule has 7 nitrogen and oxygen atoms in total. The molecule has 0 saturated heterocycles. The van der Waals surface area contributed by atoms with Crippen LogP contribution in [0.2, 0.25) is 0 Å². The fourth-order valence-corrected chi connectivity index (χ4v) is 1.56. The Hall–Kier alpha value is -3.09. The van der Waals surface area contributed by atoms with Crippen molar-refractivity contribution >= 4 is 5.91 Å². The number of benzene rings is 1. The first-order chi connectivity index (χ1) is 10.6. The van der Waals surface area contributed by atoms with Crippen molar-refractivity contribution in [1.29, 1.82) is 0 Å². The van der Waals surface area contributed by atoms with E-state index in [-0.39, 0.29) is 17.4 Å². The number of aliphatic hydroxyl groups excluding tert-OH is 1. The third kappa shape index (κ3) is 4.20. The fraction of sp³-hybridized carbons (Fsp3) is 0.133. The highest BCUT2D eigenvalue weighted by atomic mass is 16.5. The van der Waals surface area contributed by atoms with Gasteiger partial charge in [-0.1, -0.05) is 12.1 Å². The first kappa shape index (κ1) is 15.3. The molecule has 1 aromatic carbocycles. The second-order valence-electron chi connectivity index (χ2n) is 4.43. The van der Waals surface area contributed by atoms with Gasteiger partial charge in [0.25, 0.3) is 0 Å². The van der Waals surface area contributed by atoms with E-state index in [1.165, 1.54) is 12.1 Å². The second kappa shape index (κ2) is 7.07. The van der Waals surface area contributed by atoms with E-state index in [9.17, 15) is 15.0 Å². The number of hydrogen-bond donors (Lipinski definition) is 2. The lowest BCUT2D eigenvalue weighted by Gasteiger charge is -2.11. The molecule has 22 heavy (non-hydrogen) atoms. The van der Waals surface area contributed by atoms with Gasteiger partial charge in [-0.25, -0.2) is 0 Å². The van der Waals surface area contributed by atoms with Gasteiger partial charge in [-0.2, -0.15) is 0 Å². The predicted octanol–water partition coefficient (Wildman–Crippen LogP) is 2.49. The zero-order valence-corrected chi connectivity index (χ0v) is 11.9. The highest BCUT2D eigenvalue weighted by Gasteiger charge is 2.06. The quantitative estimate of drug-likeness (QED) is 0.658. The van der Waals surface area contributed by atoms with Crippen molar-refractivity contribution in [1.82, 2.24) is 4.90 Å². The minimum atomic E-state index is -0.684. The van der Waals surface area contributed by atoms with Gasteiger partial charge in [0.1, 0.15) is 0 Å². The number of carbonyl (C=O) groups excluding carboxylic acids is 1. The maximum atomic E-state index is 11.5. The number of ether oxygens (including phenoxy) is 1. The number of amides is 1. The summed E-state index contributed by atoms with van der Waals surface area (Å²) in [6.07, 6.45) is 6.73. The molecule has 114 valence electrons. The van der Waals surface area contributed by atoms with Crippen LogP contribution in [0.4, 0.5) is 0 Å². The molecule has 7 heteroatoms. The van der Waals surface area contributed by atoms with Gasteiger partial charge in [0.05, 0.1) is 0 Å². The van der Waals surface area contributed by atoms with E-state index in [1.807, 2.05) is 7.05 Å². The lowest BCUT2D eigenvalue weighted by molar-refractivity contribution is -0.120. The van der Waals surface area contributed by atoms with Gasteiger partial charge in [0.2, 0.25) is 5.88 Å². The lowest BCUT2D eigenvalue weighted by atomic mass is 10.2. The van der Waals surface area contributed by atoms with Crippen molar-refractivity contribution in [3.63, 3.8) is 0 Å². The van der Waals surface area contributed by atoms with Crippen molar-refractivity contribution in [3.05, 3.63) is 60.3 Å². The van der Waals surface area contributed by atoms with Gasteiger partial charge >= 0.3 is 5.91 Å². The SMILES string of the molecule is CN1C=CC(=C(O)N=NC(=O)COc2ccccc2O)C=C1. The highest BCUT2D eigenvalue weighted by Crippen LogP contribution is 2.24. The fourth-order valence-electron chi connectivity index (χ4n) is 1.56. The molecular formula is C15H15N3O4. The summed E-state index contributed by atoms with van der Waals surface area (Å²) in [5.41, 5.74) is 0.441. The monoisotopic (exact) mass is 301 g/mol. The van der Waals surface area contributed by atoms with Gasteiger partial charge in [-0.3, -0.25) is 4.79 Å². The molecule has 1 heterocycles. The summed E-state index contributed by atoms with van der Waals surface area (Å²) in [4.78, 5) is 13.3. The Morgan fingerprint density at radius 2 is 1.91 bits per heavy atom. The van der Waals surface area contributed by atoms with Crippen LogP contribution < -0.4 is 4.74 Å². The van der Waals surface area contributed by atoms with Crippen LogP contribution in [-0.4, -0.2) is 34.7 Å². The Morgan fingerprint density at radius 1 is 1.23 bits per heavy atom. The predicted molar refractivity (Wildman–Crippen MR) is 79.2 cm³/mol. The van der Waals surface area contributed by atoms with E-state index in [1.54, 1.807) is 41.6 Å². The van der Waals surface area contributed by atoms with Crippen LogP contribution in [-0.2, 0) is 4.79 Å². The number of carbonyl (C=O) groups is 1. The van der Waals surface area contributed by atoms with Gasteiger partial charge in [-0.15, -0.1) is 10.2 Å². The van der Waals surface area contributed by atoms with E-state index < -0.39 is 12.5 Å². The zero-order valence-electron chi connectivity index (χ0n) is 11.9. The smallest absolute Gasteiger partial charge is 0.302 e. The molecule has 0 radical (unpaired) electrons. The molecule has 0 unspecified atom stereocenters. The van der Waals surface area contributed by atoms with Crippen LogP contribution in [0.3, 0.4) is 0 Å². The number of azo groups is 1. The zero-order chi connectivity index (χ0) is 15.9. The van der Waals surface area contributed by atoms with Crippen molar-refractivity contribution in [2.45, 2.75) is 0 Å². The maximum Gasteiger partial charge on any atom is 0.302 e. The summed E-state index contributed by atoms with van der Waals surface area (Å²) in [7, 11) is 1.84. The first-order valence-electron chi connectivity index (χ1n) is 6.43. The molecule has 0 saturated carbocycles. The molecule has 2 rings (SSSR count). The minimum Gasteiger partial charge on any atom is -0.504 e. The number of allylic oxidation sites excluding steroid dienone is 3. The van der Waals surface area contributed by atoms with Crippen LogP contribution >= 0.6 is 0 Å². The summed E-state index contributed by atoms with van der Waals surface area (Å²) < 4.78 is 5.10. The number of aromatic hydroxyl groups is 1. The number of phenols is 1. The van der Waals surface area contributed by atoms with E-state index >= 15 is 0 Å². The van der Waals surface area contributed by atoms with Crippen LogP contribution in [0.5, 0.6) is 11.5 Å². The van der Waals surface area contributed by atoms with Crippen molar-refractivity contribution in [3.8, 4) is 11.5 Å². The molecule has 0 atom stereocenters. The third-order valence-electron chi connectivity index (χ3n) is 2.71. The largest absolute Gasteiger partial charge is 0.504 e. The van der Waals surface area contributed by atoms with Gasteiger partial charge in [-0.05, 0) is 24.3 Å². The first-order valence-corrected chi connectivity index (χ1v) is 6.43. The molecule has 0 bridgehead atoms. The summed E-state index contributed by atoms with van der Waals surface area (Å²) >= 11 is 0. The van der Waals surface area contributed by atoms with Crippen molar-refractivity contribution in [2.24, 2.45) is 10.2 Å². The van der Waals surface area contributed by atoms with Gasteiger partial charge in [0, 0.05) is 25.0 Å². The number of hydrogen-bond acceptors (Lipinski definition) is 6. The summed E-state index contributed by atoms with van der Waals surface area (Å²) in [6.45, 7) is -0.391. The van der Waals surface area contributed by atoms with Gasteiger partial charge < -0.3 is 19.8 Å². The van der Waals surface area contributed by atoms with Crippen molar-refractivity contribution in [2.75, 3.05) is 13.7 Å². The van der Waals surface area contributed by atoms with E-state index in [2.05, 4.69) is 10.2 Å². The van der Waals surface area contributed by atoms with E-state index in [0.29, 0.717) is 5.57 Å². The normalized spacial score (nSPS) is 13.7. The molecule has 0 aliphatic carbocycles. The molecule has 1 aliphatic heterocycles. The van der Waals surface area contributed by atoms with Crippen LogP contribution in [0.15, 0.2) is 70.5 Å². The maximum absolute atomic E-state index is 11.5. The molecule has 0 aromatic heterocycles. The van der Waals surface area contributed by atoms with Crippen molar-refractivity contribution < 1.29 is 19.7 Å². The molecule has 1 amide bonds. The third-order valence-corrected chi connectivity index (χ3v) is 2.71. The molecular weight excluding hydrogens is 286 g/mol. The Balaban J connectivity index is 1.92. The Morgan fingerprint density at radius 3 is 2.59 bits per heavy atom. The molecule has 0 spiro atoms. The molecule has 1 aliphatic rings. The van der Waals surface area contributed by atoms with E-state index in [0.717, 1.165) is 0 Å². The number of nitrogens with zero attached hydrogens (tertiary/aromatic N) is 3. The highest BCUT2D eigenvalue weighted by molar-refractivity contribution is 5.78. The molecule has 2 N–H and O–H groups in total. The Kier molecular flexibility index (Phi) is 4.92. The average molecular weight is 301 g/mol. The topological polar surface area (TPSA) is 94.7 Å². The van der Waals surface area contributed by atoms with E-state index in [4.69, 9.17) is 4.74 Å². The number of aliphatic hydroxyl groups is 1. The summed E-state index contributed by atoms with van der Waals surface area (Å²) in [5.74, 6) is -0.943. The van der Waals surface area contributed by atoms with Crippen LogP contribution in [0.25, 0.3) is 0 Å². The lowest BCUT2D eigenvalue weighted by Crippen LogP contribution is -2.08. The number of phenolic OH excluding ortho intramolecular Hbond substituents is 1. The molecule has 1 aromatic rings. The Labute approximate surface area is 127 Å². The van der Waals surface area contributed by atoms with Crippen LogP contribution in [0.1, 0.15) is 0 Å². The Bertz CT molecular complexity index is 661. The summed E-state index contributed by atoms with van der Waals surface area (Å²) in [5, 5.41) is 26.0. The molecule has 0 fully saturated rings. The van der Waals surface area contributed by atoms with Crippen LogP contribution in [0, 0.1) is 0 Å². The van der Waals surface area contributed by atoms with Gasteiger partial charge in [0.15, 0.2) is 18.1 Å². The average Bonchev–Trinajstić information content (AvgIpc) is 2.52. The standard InChI is InChI=1S/C15H15N3O4/c1-18-8-6-11(7-9-18)15(21)17-16-14(20)10-22-13-5-3-2-4-12(13)19/h2-9,19,21H,10H2,1H3. The summed E-state index contributed by atoms with van der Waals surface area (Å²) in [6, 6.07) is 6.26. The number of para-hydroxylation sites is 2. The number of rotatable bonds is 4. The minimum absolute atomic E-state index is 0.0706. The second-order valence-corrected chi connectivity index (χ2v) is 4.43.